The zero-order valence-corrected chi connectivity index (χ0v) is 9.30. The normalized spacial score (nSPS) is 21.0. The molecule has 0 radical (unpaired) electrons. The number of benzene rings is 1. The first kappa shape index (κ1) is 9.72. The van der Waals surface area contributed by atoms with Gasteiger partial charge in [0.25, 0.3) is 0 Å². The van der Waals surface area contributed by atoms with Crippen molar-refractivity contribution in [1.29, 1.82) is 0 Å². The number of hydrogen-bond donors (Lipinski definition) is 1. The van der Waals surface area contributed by atoms with Gasteiger partial charge in [0.05, 0.1) is 0 Å². The van der Waals surface area contributed by atoms with Crippen molar-refractivity contribution >= 4 is 0 Å². The van der Waals surface area contributed by atoms with Crippen LogP contribution in [-0.2, 0) is 6.42 Å². The average Bonchev–Trinajstić information content (AvgIpc) is 2.18. The zero-order chi connectivity index (χ0) is 10.1. The van der Waals surface area contributed by atoms with Crippen molar-refractivity contribution < 1.29 is 0 Å². The van der Waals surface area contributed by atoms with Gasteiger partial charge in [0.1, 0.15) is 0 Å². The van der Waals surface area contributed by atoms with Crippen molar-refractivity contribution in [3.8, 4) is 0 Å². The molecule has 1 nitrogen and oxygen atoms in total. The van der Waals surface area contributed by atoms with Gasteiger partial charge in [-0.1, -0.05) is 32.0 Å². The Morgan fingerprint density at radius 3 is 2.86 bits per heavy atom. The van der Waals surface area contributed by atoms with E-state index in [-0.39, 0.29) is 0 Å². The lowest BCUT2D eigenvalue weighted by Crippen LogP contribution is -2.27. The minimum Gasteiger partial charge on any atom is -0.310 e. The molecule has 1 aliphatic heterocycles. The molecule has 1 aliphatic rings. The first-order chi connectivity index (χ1) is 6.68. The molecular weight excluding hydrogens is 170 g/mol. The summed E-state index contributed by atoms with van der Waals surface area (Å²) in [6.07, 6.45) is 1.18. The molecule has 0 fully saturated rings. The zero-order valence-electron chi connectivity index (χ0n) is 9.30. The Hall–Kier alpha value is -0.820. The Bertz CT molecular complexity index is 328. The van der Waals surface area contributed by atoms with Crippen molar-refractivity contribution in [2.45, 2.75) is 39.2 Å². The van der Waals surface area contributed by atoms with Crippen LogP contribution >= 0.6 is 0 Å². The smallest absolute Gasteiger partial charge is 0.0294 e. The van der Waals surface area contributed by atoms with E-state index in [2.05, 4.69) is 44.3 Å². The van der Waals surface area contributed by atoms with Gasteiger partial charge in [-0.15, -0.1) is 0 Å². The Morgan fingerprint density at radius 2 is 2.14 bits per heavy atom. The van der Waals surface area contributed by atoms with Crippen LogP contribution in [0.3, 0.4) is 0 Å². The predicted octanol–water partition coefficient (Wildman–Crippen LogP) is 3.02. The molecule has 1 aromatic rings. The first-order valence-corrected chi connectivity index (χ1v) is 5.54. The van der Waals surface area contributed by atoms with Crippen molar-refractivity contribution in [2.24, 2.45) is 0 Å². The third-order valence-electron chi connectivity index (χ3n) is 3.15. The number of nitrogens with one attached hydrogen (secondary N) is 1. The van der Waals surface area contributed by atoms with Crippen LogP contribution in [0.1, 0.15) is 49.4 Å². The molecule has 0 spiro atoms. The lowest BCUT2D eigenvalue weighted by Gasteiger charge is -2.25. The van der Waals surface area contributed by atoms with Gasteiger partial charge in [-0.3, -0.25) is 0 Å². The van der Waals surface area contributed by atoms with Crippen LogP contribution < -0.4 is 5.32 Å². The van der Waals surface area contributed by atoms with E-state index in [4.69, 9.17) is 0 Å². The summed E-state index contributed by atoms with van der Waals surface area (Å²) in [5, 5.41) is 3.50. The van der Waals surface area contributed by atoms with Crippen LogP contribution in [0.15, 0.2) is 18.2 Å². The van der Waals surface area contributed by atoms with E-state index in [1.165, 1.54) is 23.1 Å². The fourth-order valence-electron chi connectivity index (χ4n) is 2.14. The molecule has 0 saturated heterocycles. The molecule has 0 aliphatic carbocycles. The van der Waals surface area contributed by atoms with Gasteiger partial charge < -0.3 is 5.32 Å². The molecule has 14 heavy (non-hydrogen) atoms. The maximum Gasteiger partial charge on any atom is 0.0294 e. The summed E-state index contributed by atoms with van der Waals surface area (Å²) in [6.45, 7) is 7.88. The van der Waals surface area contributed by atoms with E-state index in [0.717, 1.165) is 6.54 Å². The Kier molecular flexibility index (Phi) is 2.60. The van der Waals surface area contributed by atoms with Gasteiger partial charge in [0.2, 0.25) is 0 Å². The van der Waals surface area contributed by atoms with Crippen LogP contribution in [0, 0.1) is 0 Å². The van der Waals surface area contributed by atoms with Gasteiger partial charge in [-0.25, -0.2) is 0 Å². The summed E-state index contributed by atoms with van der Waals surface area (Å²) in [4.78, 5) is 0. The molecule has 1 heterocycles. The lowest BCUT2D eigenvalue weighted by molar-refractivity contribution is 0.540. The molecule has 1 atom stereocenters. The summed E-state index contributed by atoms with van der Waals surface area (Å²) in [7, 11) is 0. The van der Waals surface area contributed by atoms with E-state index in [9.17, 15) is 0 Å². The third kappa shape index (κ3) is 1.69. The monoisotopic (exact) mass is 189 g/mol. The van der Waals surface area contributed by atoms with Crippen molar-refractivity contribution in [2.75, 3.05) is 6.54 Å². The molecule has 0 amide bonds. The fourth-order valence-corrected chi connectivity index (χ4v) is 2.14. The summed E-state index contributed by atoms with van der Waals surface area (Å²) >= 11 is 0. The fraction of sp³-hybridized carbons (Fsp3) is 0.538. The average molecular weight is 189 g/mol. The van der Waals surface area contributed by atoms with E-state index in [1.54, 1.807) is 0 Å². The van der Waals surface area contributed by atoms with Gasteiger partial charge in [0.15, 0.2) is 0 Å². The number of fused-ring (bicyclic) bond motifs is 1. The molecular formula is C13H19N. The Balaban J connectivity index is 2.41. The van der Waals surface area contributed by atoms with E-state index < -0.39 is 0 Å². The summed E-state index contributed by atoms with van der Waals surface area (Å²) in [5.41, 5.74) is 4.49. The highest BCUT2D eigenvalue weighted by Crippen LogP contribution is 2.26. The third-order valence-corrected chi connectivity index (χ3v) is 3.15. The first-order valence-electron chi connectivity index (χ1n) is 5.54. The maximum absolute atomic E-state index is 3.50. The van der Waals surface area contributed by atoms with E-state index in [1.807, 2.05) is 0 Å². The molecule has 2 rings (SSSR count). The topological polar surface area (TPSA) is 12.0 Å². The van der Waals surface area contributed by atoms with Crippen LogP contribution in [0.25, 0.3) is 0 Å². The molecule has 1 N–H and O–H groups in total. The molecule has 76 valence electrons. The standard InChI is InChI=1S/C13H19N/c1-9(2)12-5-4-11-6-7-14-10(3)13(11)8-12/h4-5,8-10,14H,6-7H2,1-3H3/t10-/m1/s1. The lowest BCUT2D eigenvalue weighted by atomic mass is 9.90. The van der Waals surface area contributed by atoms with Gasteiger partial charge in [-0.05, 0) is 42.5 Å². The Morgan fingerprint density at radius 1 is 1.36 bits per heavy atom. The molecule has 0 unspecified atom stereocenters. The second-order valence-corrected chi connectivity index (χ2v) is 4.54. The van der Waals surface area contributed by atoms with E-state index in [0.29, 0.717) is 12.0 Å². The van der Waals surface area contributed by atoms with Gasteiger partial charge >= 0.3 is 0 Å². The second-order valence-electron chi connectivity index (χ2n) is 4.54. The predicted molar refractivity (Wildman–Crippen MR) is 60.7 cm³/mol. The molecule has 1 heteroatoms. The highest BCUT2D eigenvalue weighted by atomic mass is 14.9. The molecule has 0 saturated carbocycles. The number of rotatable bonds is 1. The van der Waals surface area contributed by atoms with Gasteiger partial charge in [-0.2, -0.15) is 0 Å². The number of hydrogen-bond acceptors (Lipinski definition) is 1. The minimum atomic E-state index is 0.525. The van der Waals surface area contributed by atoms with Crippen LogP contribution in [0.5, 0.6) is 0 Å². The molecule has 0 aromatic heterocycles. The summed E-state index contributed by atoms with van der Waals surface area (Å²) < 4.78 is 0. The SMILES string of the molecule is CC(C)c1ccc2c(c1)[C@@H](C)NCC2. The largest absolute Gasteiger partial charge is 0.310 e. The van der Waals surface area contributed by atoms with Crippen molar-refractivity contribution in [3.05, 3.63) is 34.9 Å². The highest BCUT2D eigenvalue weighted by Gasteiger charge is 2.16. The van der Waals surface area contributed by atoms with Crippen molar-refractivity contribution in [3.63, 3.8) is 0 Å². The minimum absolute atomic E-state index is 0.525. The molecule has 1 aromatic carbocycles. The highest BCUT2D eigenvalue weighted by molar-refractivity contribution is 5.37. The molecule has 0 bridgehead atoms. The van der Waals surface area contributed by atoms with Crippen molar-refractivity contribution in [1.82, 2.24) is 5.32 Å². The van der Waals surface area contributed by atoms with Crippen LogP contribution in [0.4, 0.5) is 0 Å². The second kappa shape index (κ2) is 3.74. The Labute approximate surface area is 86.5 Å². The summed E-state index contributed by atoms with van der Waals surface area (Å²) in [6, 6.07) is 7.48. The summed E-state index contributed by atoms with van der Waals surface area (Å²) in [5.74, 6) is 0.634. The quantitative estimate of drug-likeness (QED) is 0.716. The van der Waals surface area contributed by atoms with Crippen LogP contribution in [-0.4, -0.2) is 6.54 Å². The van der Waals surface area contributed by atoms with Crippen LogP contribution in [0.2, 0.25) is 0 Å². The maximum atomic E-state index is 3.50. The van der Waals surface area contributed by atoms with E-state index >= 15 is 0 Å². The van der Waals surface area contributed by atoms with Gasteiger partial charge in [0, 0.05) is 6.04 Å².